The quantitative estimate of drug-likeness (QED) is 0.0346. The minimum absolute atomic E-state index is 0.0751. The molecule has 0 saturated heterocycles. The molecule has 382 valence electrons. The number of allylic oxidation sites excluding steroid dienone is 12. The van der Waals surface area contributed by atoms with Gasteiger partial charge in [-0.3, -0.25) is 9.59 Å². The highest BCUT2D eigenvalue weighted by atomic mass is 16.6. The molecule has 0 aliphatic rings. The van der Waals surface area contributed by atoms with Crippen LogP contribution in [-0.2, 0) is 23.8 Å². The van der Waals surface area contributed by atoms with E-state index >= 15 is 0 Å². The average Bonchev–Trinajstić information content (AvgIpc) is 3.32. The minimum Gasteiger partial charge on any atom is -0.462 e. The fraction of sp³-hybridized carbons (Fsp3) is 0.770. The van der Waals surface area contributed by atoms with Crippen molar-refractivity contribution in [3.8, 4) is 0 Å². The Morgan fingerprint density at radius 3 is 1.09 bits per heavy atom. The number of hydrogen-bond acceptors (Lipinski definition) is 5. The van der Waals surface area contributed by atoms with Crippen molar-refractivity contribution in [3.63, 3.8) is 0 Å². The van der Waals surface area contributed by atoms with Crippen LogP contribution in [0.25, 0.3) is 0 Å². The van der Waals surface area contributed by atoms with Gasteiger partial charge in [-0.05, 0) is 83.5 Å². The molecule has 5 heteroatoms. The van der Waals surface area contributed by atoms with E-state index in [9.17, 15) is 9.59 Å². The van der Waals surface area contributed by atoms with Gasteiger partial charge in [0.15, 0.2) is 6.10 Å². The Labute approximate surface area is 410 Å². The van der Waals surface area contributed by atoms with Crippen LogP contribution in [0.2, 0.25) is 0 Å². The van der Waals surface area contributed by atoms with Crippen LogP contribution in [0.1, 0.15) is 278 Å². The maximum atomic E-state index is 12.9. The van der Waals surface area contributed by atoms with Crippen molar-refractivity contribution in [1.29, 1.82) is 0 Å². The smallest absolute Gasteiger partial charge is 0.306 e. The third-order valence-corrected chi connectivity index (χ3v) is 12.2. The Morgan fingerprint density at radius 1 is 0.348 bits per heavy atom. The molecule has 1 atom stereocenters. The third kappa shape index (κ3) is 54.0. The van der Waals surface area contributed by atoms with Gasteiger partial charge in [0.05, 0.1) is 6.61 Å². The van der Waals surface area contributed by atoms with E-state index in [1.54, 1.807) is 0 Å². The van der Waals surface area contributed by atoms with Gasteiger partial charge >= 0.3 is 11.9 Å². The number of ether oxygens (including phenoxy) is 3. The van der Waals surface area contributed by atoms with Crippen LogP contribution in [0.4, 0.5) is 0 Å². The summed E-state index contributed by atoms with van der Waals surface area (Å²) in [4.78, 5) is 25.5. The monoisotopic (exact) mass is 921 g/mol. The number of esters is 2. The largest absolute Gasteiger partial charge is 0.462 e. The maximum absolute atomic E-state index is 12.9. The molecule has 0 spiro atoms. The van der Waals surface area contributed by atoms with Crippen molar-refractivity contribution >= 4 is 11.9 Å². The van der Waals surface area contributed by atoms with E-state index in [-0.39, 0.29) is 25.2 Å². The summed E-state index contributed by atoms with van der Waals surface area (Å²) in [6.45, 7) is 7.61. The molecule has 0 bridgehead atoms. The fourth-order valence-electron chi connectivity index (χ4n) is 8.07. The summed E-state index contributed by atoms with van der Waals surface area (Å²) in [5.41, 5.74) is 0. The zero-order valence-corrected chi connectivity index (χ0v) is 44.0. The number of rotatable bonds is 52. The van der Waals surface area contributed by atoms with Crippen molar-refractivity contribution in [2.75, 3.05) is 19.8 Å². The van der Waals surface area contributed by atoms with E-state index in [1.165, 1.54) is 148 Å². The van der Waals surface area contributed by atoms with Crippen molar-refractivity contribution in [1.82, 2.24) is 0 Å². The van der Waals surface area contributed by atoms with Crippen LogP contribution < -0.4 is 0 Å². The van der Waals surface area contributed by atoms with Gasteiger partial charge < -0.3 is 14.2 Å². The van der Waals surface area contributed by atoms with Crippen LogP contribution in [0, 0.1) is 0 Å². The Kier molecular flexibility index (Phi) is 54.4. The summed E-state index contributed by atoms with van der Waals surface area (Å²) in [5.74, 6) is -0.406. The fourth-order valence-corrected chi connectivity index (χ4v) is 8.07. The molecule has 0 aliphatic heterocycles. The van der Waals surface area contributed by atoms with E-state index < -0.39 is 6.10 Å². The molecule has 0 amide bonds. The van der Waals surface area contributed by atoms with Crippen molar-refractivity contribution in [3.05, 3.63) is 72.9 Å². The van der Waals surface area contributed by atoms with Gasteiger partial charge in [0.2, 0.25) is 0 Å². The van der Waals surface area contributed by atoms with Crippen molar-refractivity contribution < 1.29 is 23.8 Å². The molecule has 66 heavy (non-hydrogen) atoms. The molecule has 0 saturated carbocycles. The molecule has 0 N–H and O–H groups in total. The predicted molar refractivity (Wildman–Crippen MR) is 288 cm³/mol. The second kappa shape index (κ2) is 56.7. The first kappa shape index (κ1) is 63.3. The highest BCUT2D eigenvalue weighted by Crippen LogP contribution is 2.16. The summed E-state index contributed by atoms with van der Waals surface area (Å²) < 4.78 is 17.5. The van der Waals surface area contributed by atoms with Crippen LogP contribution in [0.15, 0.2) is 72.9 Å². The Morgan fingerprint density at radius 2 is 0.682 bits per heavy atom. The van der Waals surface area contributed by atoms with Gasteiger partial charge in [-0.1, -0.05) is 254 Å². The van der Waals surface area contributed by atoms with E-state index in [1.807, 2.05) is 0 Å². The van der Waals surface area contributed by atoms with Crippen molar-refractivity contribution in [2.24, 2.45) is 0 Å². The summed E-state index contributed by atoms with van der Waals surface area (Å²) in [7, 11) is 0. The van der Waals surface area contributed by atoms with Gasteiger partial charge in [-0.15, -0.1) is 0 Å². The zero-order valence-electron chi connectivity index (χ0n) is 44.0. The van der Waals surface area contributed by atoms with Gasteiger partial charge in [0, 0.05) is 19.4 Å². The Balaban J connectivity index is 4.29. The van der Waals surface area contributed by atoms with Crippen LogP contribution >= 0.6 is 0 Å². The Hall–Kier alpha value is -2.66. The highest BCUT2D eigenvalue weighted by molar-refractivity contribution is 5.70. The number of carbonyl (C=O) groups excluding carboxylic acids is 2. The van der Waals surface area contributed by atoms with E-state index in [2.05, 4.69) is 93.7 Å². The molecule has 1 unspecified atom stereocenters. The molecule has 0 aliphatic carbocycles. The Bertz CT molecular complexity index is 1180. The lowest BCUT2D eigenvalue weighted by molar-refractivity contribution is -0.163. The zero-order chi connectivity index (χ0) is 47.7. The standard InChI is InChI=1S/C61H108O5/c1-4-7-10-13-16-19-22-25-28-31-33-36-39-42-45-48-51-54-60(62)65-58-59(57-64-56-53-50-47-44-41-38-35-30-27-24-21-18-15-12-9-6-3)66-61(63)55-52-49-46-43-40-37-34-32-29-26-23-20-17-14-11-8-5-2/h7,9-10,12,16,18-19,21,25,27-28,30,59H,4-6,8,11,13-15,17,20,22-24,26,29,31-58H2,1-3H3/b10-7-,12-9-,19-16-,21-18-,28-25-,30-27-. The summed E-state index contributed by atoms with van der Waals surface area (Å²) >= 11 is 0. The molecular weight excluding hydrogens is 813 g/mol. The predicted octanol–water partition coefficient (Wildman–Crippen LogP) is 19.5. The van der Waals surface area contributed by atoms with E-state index in [4.69, 9.17) is 14.2 Å². The lowest BCUT2D eigenvalue weighted by Crippen LogP contribution is -2.30. The molecular formula is C61H108O5. The maximum Gasteiger partial charge on any atom is 0.306 e. The summed E-state index contributed by atoms with van der Waals surface area (Å²) in [6, 6.07) is 0. The number of unbranched alkanes of at least 4 members (excludes halogenated alkanes) is 29. The topological polar surface area (TPSA) is 61.8 Å². The van der Waals surface area contributed by atoms with E-state index in [0.29, 0.717) is 19.4 Å². The molecule has 5 nitrogen and oxygen atoms in total. The van der Waals surface area contributed by atoms with Gasteiger partial charge in [0.25, 0.3) is 0 Å². The second-order valence-corrected chi connectivity index (χ2v) is 18.8. The number of hydrogen-bond donors (Lipinski definition) is 0. The minimum atomic E-state index is -0.548. The van der Waals surface area contributed by atoms with Crippen LogP contribution in [0.3, 0.4) is 0 Å². The SMILES string of the molecule is CC/C=C\C/C=C\C/C=C\CCCCCCCCCC(=O)OCC(COCCCCCCCC/C=C\C/C=C\C/C=C\CC)OC(=O)CCCCCCCCCCCCCCCCCCC. The normalized spacial score (nSPS) is 12.7. The lowest BCUT2D eigenvalue weighted by atomic mass is 10.0. The molecule has 0 aromatic carbocycles. The molecule has 0 heterocycles. The van der Waals surface area contributed by atoms with Crippen LogP contribution in [-0.4, -0.2) is 37.9 Å². The molecule has 0 rings (SSSR count). The van der Waals surface area contributed by atoms with E-state index in [0.717, 1.165) is 96.3 Å². The molecule has 0 fully saturated rings. The first-order chi connectivity index (χ1) is 32.6. The second-order valence-electron chi connectivity index (χ2n) is 18.8. The van der Waals surface area contributed by atoms with Crippen LogP contribution in [0.5, 0.6) is 0 Å². The molecule has 0 aromatic rings. The lowest BCUT2D eigenvalue weighted by Gasteiger charge is -2.18. The van der Waals surface area contributed by atoms with Gasteiger partial charge in [-0.2, -0.15) is 0 Å². The van der Waals surface area contributed by atoms with Gasteiger partial charge in [-0.25, -0.2) is 0 Å². The average molecular weight is 922 g/mol. The first-order valence-corrected chi connectivity index (χ1v) is 28.5. The summed E-state index contributed by atoms with van der Waals surface area (Å²) in [6.07, 6.45) is 73.5. The summed E-state index contributed by atoms with van der Waals surface area (Å²) in [5, 5.41) is 0. The molecule has 0 aromatic heterocycles. The molecule has 0 radical (unpaired) electrons. The highest BCUT2D eigenvalue weighted by Gasteiger charge is 2.17. The number of carbonyl (C=O) groups is 2. The first-order valence-electron chi connectivity index (χ1n) is 28.5. The third-order valence-electron chi connectivity index (χ3n) is 12.2. The van der Waals surface area contributed by atoms with Crippen molar-refractivity contribution in [2.45, 2.75) is 284 Å². The van der Waals surface area contributed by atoms with Gasteiger partial charge in [0.1, 0.15) is 6.61 Å².